The Labute approximate surface area is 138 Å². The van der Waals surface area contributed by atoms with Crippen LogP contribution in [0, 0.1) is 3.57 Å². The van der Waals surface area contributed by atoms with E-state index in [1.807, 2.05) is 24.3 Å². The van der Waals surface area contributed by atoms with Crippen molar-refractivity contribution >= 4 is 45.9 Å². The number of carbonyl (C=O) groups excluding carboxylic acids is 1. The second kappa shape index (κ2) is 6.22. The van der Waals surface area contributed by atoms with Gasteiger partial charge in [-0.1, -0.05) is 23.9 Å². The van der Waals surface area contributed by atoms with E-state index >= 15 is 0 Å². The van der Waals surface area contributed by atoms with Crippen LogP contribution in [0.1, 0.15) is 18.9 Å². The minimum atomic E-state index is -0.196. The molecule has 6 nitrogen and oxygen atoms in total. The van der Waals surface area contributed by atoms with Crippen molar-refractivity contribution in [2.24, 2.45) is 0 Å². The first-order valence-electron chi connectivity index (χ1n) is 6.49. The minimum Gasteiger partial charge on any atom is -0.324 e. The zero-order valence-corrected chi connectivity index (χ0v) is 14.0. The molecule has 0 aliphatic heterocycles. The van der Waals surface area contributed by atoms with Crippen LogP contribution in [0.4, 0.5) is 5.69 Å². The van der Waals surface area contributed by atoms with Crippen molar-refractivity contribution in [3.63, 3.8) is 0 Å². The number of hydrogen-bond donors (Lipinski definition) is 2. The zero-order chi connectivity index (χ0) is 14.8. The molecule has 0 unspecified atom stereocenters. The molecular weight excluding hydrogens is 403 g/mol. The summed E-state index contributed by atoms with van der Waals surface area (Å²) >= 11 is 3.45. The fourth-order valence-corrected chi connectivity index (χ4v) is 3.26. The summed E-state index contributed by atoms with van der Waals surface area (Å²) in [5.41, 5.74) is 0.600. The lowest BCUT2D eigenvalue weighted by atomic mass is 10.3. The number of aromatic nitrogens is 3. The smallest absolute Gasteiger partial charge is 0.324 e. The summed E-state index contributed by atoms with van der Waals surface area (Å²) in [6.45, 7) is 0. The van der Waals surface area contributed by atoms with Crippen molar-refractivity contribution in [1.82, 2.24) is 14.8 Å². The van der Waals surface area contributed by atoms with Crippen molar-refractivity contribution in [2.45, 2.75) is 24.0 Å². The van der Waals surface area contributed by atoms with Gasteiger partial charge in [0.1, 0.15) is 0 Å². The molecular formula is C13H13IN4O2S. The lowest BCUT2D eigenvalue weighted by Gasteiger charge is -2.07. The summed E-state index contributed by atoms with van der Waals surface area (Å²) in [7, 11) is 0. The van der Waals surface area contributed by atoms with Gasteiger partial charge >= 0.3 is 5.69 Å². The molecule has 1 fully saturated rings. The van der Waals surface area contributed by atoms with Crippen LogP contribution in [0.3, 0.4) is 0 Å². The van der Waals surface area contributed by atoms with Crippen molar-refractivity contribution in [3.05, 3.63) is 38.3 Å². The van der Waals surface area contributed by atoms with Crippen LogP contribution >= 0.6 is 34.4 Å². The SMILES string of the molecule is O=C(CSc1n[nH]c(=O)n1C1CC1)Nc1ccccc1I. The number of nitrogens with zero attached hydrogens (tertiary/aromatic N) is 2. The van der Waals surface area contributed by atoms with E-state index in [-0.39, 0.29) is 23.4 Å². The number of carbonyl (C=O) groups is 1. The van der Waals surface area contributed by atoms with E-state index in [0.717, 1.165) is 22.1 Å². The third-order valence-electron chi connectivity index (χ3n) is 3.06. The minimum absolute atomic E-state index is 0.109. The predicted molar refractivity (Wildman–Crippen MR) is 89.6 cm³/mol. The van der Waals surface area contributed by atoms with Crippen molar-refractivity contribution in [1.29, 1.82) is 0 Å². The number of aromatic amines is 1. The Hall–Kier alpha value is -1.29. The number of rotatable bonds is 5. The Morgan fingerprint density at radius 2 is 2.24 bits per heavy atom. The molecule has 2 aromatic rings. The Morgan fingerprint density at radius 3 is 2.95 bits per heavy atom. The molecule has 1 saturated carbocycles. The summed E-state index contributed by atoms with van der Waals surface area (Å²) in [5, 5.41) is 9.87. The Balaban J connectivity index is 1.62. The number of thioether (sulfide) groups is 1. The van der Waals surface area contributed by atoms with Gasteiger partial charge in [-0.25, -0.2) is 9.89 Å². The average molecular weight is 416 g/mol. The molecule has 1 aromatic carbocycles. The number of H-pyrrole nitrogens is 1. The molecule has 1 aliphatic rings. The summed E-state index contributed by atoms with van der Waals surface area (Å²) in [6.07, 6.45) is 2.00. The number of halogens is 1. The van der Waals surface area contributed by atoms with Crippen LogP contribution in [-0.4, -0.2) is 26.4 Å². The fourth-order valence-electron chi connectivity index (χ4n) is 1.93. The Morgan fingerprint density at radius 1 is 1.48 bits per heavy atom. The summed E-state index contributed by atoms with van der Waals surface area (Å²) in [4.78, 5) is 23.6. The standard InChI is InChI=1S/C13H13IN4O2S/c14-9-3-1-2-4-10(9)15-11(19)7-21-13-17-16-12(20)18(13)8-5-6-8/h1-4,8H,5-7H2,(H,15,19)(H,16,20). The van der Waals surface area contributed by atoms with Crippen LogP contribution in [0.25, 0.3) is 0 Å². The van der Waals surface area contributed by atoms with Gasteiger partial charge in [-0.15, -0.1) is 5.10 Å². The summed E-state index contributed by atoms with van der Waals surface area (Å²) in [6, 6.07) is 7.84. The first kappa shape index (κ1) is 14.6. The number of amides is 1. The van der Waals surface area contributed by atoms with Crippen molar-refractivity contribution in [3.8, 4) is 0 Å². The first-order valence-corrected chi connectivity index (χ1v) is 8.55. The second-order valence-corrected chi connectivity index (χ2v) is 6.83. The maximum absolute atomic E-state index is 12.0. The summed E-state index contributed by atoms with van der Waals surface area (Å²) in [5.74, 6) is 0.115. The number of benzene rings is 1. The molecule has 0 saturated heterocycles. The van der Waals surface area contributed by atoms with Crippen LogP contribution < -0.4 is 11.0 Å². The third-order valence-corrected chi connectivity index (χ3v) is 4.96. The highest BCUT2D eigenvalue weighted by molar-refractivity contribution is 14.1. The lowest BCUT2D eigenvalue weighted by Crippen LogP contribution is -2.18. The first-order chi connectivity index (χ1) is 10.1. The van der Waals surface area contributed by atoms with Gasteiger partial charge in [0.25, 0.3) is 0 Å². The fraction of sp³-hybridized carbons (Fsp3) is 0.308. The van der Waals surface area contributed by atoms with Crippen LogP contribution in [0.2, 0.25) is 0 Å². The van der Waals surface area contributed by atoms with E-state index in [1.54, 1.807) is 4.57 Å². The highest BCUT2D eigenvalue weighted by atomic mass is 127. The van der Waals surface area contributed by atoms with E-state index in [2.05, 4.69) is 38.1 Å². The van der Waals surface area contributed by atoms with E-state index in [4.69, 9.17) is 0 Å². The van der Waals surface area contributed by atoms with E-state index < -0.39 is 0 Å². The third kappa shape index (κ3) is 3.49. The Kier molecular flexibility index (Phi) is 4.34. The maximum atomic E-state index is 12.0. The quantitative estimate of drug-likeness (QED) is 0.579. The highest BCUT2D eigenvalue weighted by Gasteiger charge is 2.28. The zero-order valence-electron chi connectivity index (χ0n) is 11.0. The monoisotopic (exact) mass is 416 g/mol. The van der Waals surface area contributed by atoms with Gasteiger partial charge < -0.3 is 5.32 Å². The molecule has 1 aromatic heterocycles. The molecule has 1 aliphatic carbocycles. The van der Waals surface area contributed by atoms with Gasteiger partial charge in [-0.05, 0) is 47.6 Å². The molecule has 21 heavy (non-hydrogen) atoms. The number of hydrogen-bond acceptors (Lipinski definition) is 4. The number of nitrogens with one attached hydrogen (secondary N) is 2. The van der Waals surface area contributed by atoms with Gasteiger partial charge in [0.2, 0.25) is 5.91 Å². The molecule has 0 radical (unpaired) electrons. The average Bonchev–Trinajstić information content (AvgIpc) is 3.23. The largest absolute Gasteiger partial charge is 0.344 e. The van der Waals surface area contributed by atoms with Gasteiger partial charge in [0.15, 0.2) is 5.16 Å². The molecule has 0 bridgehead atoms. The normalized spacial score (nSPS) is 14.1. The van der Waals surface area contributed by atoms with Gasteiger partial charge in [-0.3, -0.25) is 9.36 Å². The van der Waals surface area contributed by atoms with Crippen LogP contribution in [0.15, 0.2) is 34.2 Å². The van der Waals surface area contributed by atoms with Crippen LogP contribution in [-0.2, 0) is 4.79 Å². The van der Waals surface area contributed by atoms with Gasteiger partial charge in [0.05, 0.1) is 11.4 Å². The van der Waals surface area contributed by atoms with Crippen LogP contribution in [0.5, 0.6) is 0 Å². The molecule has 8 heteroatoms. The Bertz CT molecular complexity index is 723. The van der Waals surface area contributed by atoms with E-state index in [1.165, 1.54) is 11.8 Å². The van der Waals surface area contributed by atoms with Gasteiger partial charge in [0, 0.05) is 9.61 Å². The number of para-hydroxylation sites is 1. The summed E-state index contributed by atoms with van der Waals surface area (Å²) < 4.78 is 2.63. The molecule has 1 heterocycles. The topological polar surface area (TPSA) is 79.8 Å². The predicted octanol–water partition coefficient (Wildman–Crippen LogP) is 2.24. The molecule has 0 spiro atoms. The van der Waals surface area contributed by atoms with Gasteiger partial charge in [-0.2, -0.15) is 0 Å². The molecule has 2 N–H and O–H groups in total. The molecule has 1 amide bonds. The lowest BCUT2D eigenvalue weighted by molar-refractivity contribution is -0.113. The maximum Gasteiger partial charge on any atom is 0.344 e. The van der Waals surface area contributed by atoms with Crippen molar-refractivity contribution in [2.75, 3.05) is 11.1 Å². The molecule has 0 atom stereocenters. The number of anilines is 1. The van der Waals surface area contributed by atoms with E-state index in [0.29, 0.717) is 5.16 Å². The highest BCUT2D eigenvalue weighted by Crippen LogP contribution is 2.36. The molecule has 3 rings (SSSR count). The van der Waals surface area contributed by atoms with E-state index in [9.17, 15) is 9.59 Å². The second-order valence-electron chi connectivity index (χ2n) is 4.73. The molecule has 110 valence electrons. The van der Waals surface area contributed by atoms with Crippen molar-refractivity contribution < 1.29 is 4.79 Å².